The number of fused-ring (bicyclic) bond motifs is 1. The molecule has 0 radical (unpaired) electrons. The van der Waals surface area contributed by atoms with Gasteiger partial charge in [0.05, 0.1) is 0 Å². The number of aliphatic carboxylic acids is 1. The summed E-state index contributed by atoms with van der Waals surface area (Å²) in [5.41, 5.74) is 2.66. The summed E-state index contributed by atoms with van der Waals surface area (Å²) in [4.78, 5) is 17.1. The molecule has 0 spiro atoms. The Kier molecular flexibility index (Phi) is 3.85. The summed E-state index contributed by atoms with van der Waals surface area (Å²) in [6, 6.07) is 5.35. The van der Waals surface area contributed by atoms with Crippen molar-refractivity contribution in [2.24, 2.45) is 0 Å². The zero-order chi connectivity index (χ0) is 14.0. The van der Waals surface area contributed by atoms with E-state index in [-0.39, 0.29) is 0 Å². The standard InChI is InChI=1S/C14H18N2O3/c1-9-15-11-6-4-10(8-13(11)19-9)5-7-12(14(17)18)16(2)3/h4,6,8,12H,5,7H2,1-3H3,(H,17,18). The molecule has 19 heavy (non-hydrogen) atoms. The third-order valence-electron chi connectivity index (χ3n) is 3.17. The van der Waals surface area contributed by atoms with Gasteiger partial charge in [0.1, 0.15) is 11.6 Å². The molecule has 1 atom stereocenters. The van der Waals surface area contributed by atoms with E-state index in [9.17, 15) is 4.79 Å². The van der Waals surface area contributed by atoms with Crippen molar-refractivity contribution < 1.29 is 14.3 Å². The minimum atomic E-state index is -0.790. The Bertz CT molecular complexity index is 589. The minimum absolute atomic E-state index is 0.466. The second-order valence-corrected chi connectivity index (χ2v) is 4.89. The number of hydrogen-bond acceptors (Lipinski definition) is 4. The Morgan fingerprint density at radius 3 is 2.84 bits per heavy atom. The molecule has 1 heterocycles. The molecule has 0 aliphatic rings. The van der Waals surface area contributed by atoms with Gasteiger partial charge in [0.15, 0.2) is 11.5 Å². The number of nitrogens with zero attached hydrogens (tertiary/aromatic N) is 2. The summed E-state index contributed by atoms with van der Waals surface area (Å²) in [7, 11) is 3.56. The molecular weight excluding hydrogens is 244 g/mol. The van der Waals surface area contributed by atoms with Crippen molar-refractivity contribution in [3.05, 3.63) is 29.7 Å². The zero-order valence-corrected chi connectivity index (χ0v) is 11.4. The highest BCUT2D eigenvalue weighted by Gasteiger charge is 2.19. The molecule has 1 N–H and O–H groups in total. The molecule has 102 valence electrons. The van der Waals surface area contributed by atoms with E-state index in [1.54, 1.807) is 19.0 Å². The second kappa shape index (κ2) is 5.40. The van der Waals surface area contributed by atoms with Gasteiger partial charge in [0.2, 0.25) is 0 Å². The summed E-state index contributed by atoms with van der Waals surface area (Å²) < 4.78 is 5.47. The maximum absolute atomic E-state index is 11.1. The number of carboxylic acids is 1. The van der Waals surface area contributed by atoms with Crippen molar-refractivity contribution in [2.75, 3.05) is 14.1 Å². The predicted octanol–water partition coefficient (Wildman–Crippen LogP) is 2.08. The average Bonchev–Trinajstić information content (AvgIpc) is 2.67. The summed E-state index contributed by atoms with van der Waals surface area (Å²) in [5, 5.41) is 9.13. The first-order chi connectivity index (χ1) is 8.97. The van der Waals surface area contributed by atoms with E-state index in [4.69, 9.17) is 9.52 Å². The summed E-state index contributed by atoms with van der Waals surface area (Å²) in [6.07, 6.45) is 1.27. The van der Waals surface area contributed by atoms with Crippen LogP contribution in [0, 0.1) is 6.92 Å². The number of likely N-dealkylation sites (N-methyl/N-ethyl adjacent to an activating group) is 1. The van der Waals surface area contributed by atoms with Crippen molar-refractivity contribution >= 4 is 17.1 Å². The number of aryl methyl sites for hydroxylation is 2. The van der Waals surface area contributed by atoms with Crippen LogP contribution < -0.4 is 0 Å². The monoisotopic (exact) mass is 262 g/mol. The summed E-state index contributed by atoms with van der Waals surface area (Å²) >= 11 is 0. The zero-order valence-electron chi connectivity index (χ0n) is 11.4. The summed E-state index contributed by atoms with van der Waals surface area (Å²) in [6.45, 7) is 1.81. The molecule has 0 bridgehead atoms. The lowest BCUT2D eigenvalue weighted by Gasteiger charge is -2.19. The van der Waals surface area contributed by atoms with Crippen molar-refractivity contribution in [2.45, 2.75) is 25.8 Å². The van der Waals surface area contributed by atoms with Crippen LogP contribution in [0.4, 0.5) is 0 Å². The molecule has 0 fully saturated rings. The Labute approximate surface area is 111 Å². The van der Waals surface area contributed by atoms with Gasteiger partial charge in [-0.05, 0) is 44.6 Å². The van der Waals surface area contributed by atoms with Crippen molar-refractivity contribution in [3.63, 3.8) is 0 Å². The van der Waals surface area contributed by atoms with Gasteiger partial charge < -0.3 is 9.52 Å². The SMILES string of the molecule is Cc1nc2ccc(CCC(C(=O)O)N(C)C)cc2o1. The highest BCUT2D eigenvalue weighted by atomic mass is 16.4. The third kappa shape index (κ3) is 3.12. The van der Waals surface area contributed by atoms with Gasteiger partial charge in [-0.2, -0.15) is 0 Å². The third-order valence-corrected chi connectivity index (χ3v) is 3.17. The largest absolute Gasteiger partial charge is 0.480 e. The number of aromatic nitrogens is 1. The average molecular weight is 262 g/mol. The normalized spacial score (nSPS) is 13.1. The number of carbonyl (C=O) groups is 1. The number of rotatable bonds is 5. The highest BCUT2D eigenvalue weighted by molar-refractivity contribution is 5.74. The van der Waals surface area contributed by atoms with E-state index in [0.717, 1.165) is 16.7 Å². The molecule has 0 aliphatic carbocycles. The molecule has 5 nitrogen and oxygen atoms in total. The first-order valence-electron chi connectivity index (χ1n) is 6.22. The molecule has 2 rings (SSSR count). The minimum Gasteiger partial charge on any atom is -0.480 e. The predicted molar refractivity (Wildman–Crippen MR) is 72.2 cm³/mol. The molecule has 0 saturated carbocycles. The number of hydrogen-bond donors (Lipinski definition) is 1. The smallest absolute Gasteiger partial charge is 0.320 e. The van der Waals surface area contributed by atoms with Crippen LogP contribution in [0.3, 0.4) is 0 Å². The van der Waals surface area contributed by atoms with Gasteiger partial charge in [-0.15, -0.1) is 0 Å². The van der Waals surface area contributed by atoms with E-state index < -0.39 is 12.0 Å². The van der Waals surface area contributed by atoms with Crippen LogP contribution in [0.5, 0.6) is 0 Å². The lowest BCUT2D eigenvalue weighted by atomic mass is 10.0. The lowest BCUT2D eigenvalue weighted by molar-refractivity contribution is -0.142. The molecule has 0 saturated heterocycles. The van der Waals surface area contributed by atoms with Crippen LogP contribution in [-0.4, -0.2) is 41.1 Å². The van der Waals surface area contributed by atoms with E-state index in [1.807, 2.05) is 25.1 Å². The Balaban J connectivity index is 2.10. The van der Waals surface area contributed by atoms with Crippen LogP contribution in [0.15, 0.2) is 22.6 Å². The first kappa shape index (κ1) is 13.5. The van der Waals surface area contributed by atoms with Gasteiger partial charge in [-0.3, -0.25) is 9.69 Å². The van der Waals surface area contributed by atoms with E-state index in [1.165, 1.54) is 0 Å². The van der Waals surface area contributed by atoms with E-state index in [0.29, 0.717) is 18.7 Å². The lowest BCUT2D eigenvalue weighted by Crippen LogP contribution is -2.35. The molecule has 0 aliphatic heterocycles. The Hall–Kier alpha value is -1.88. The fourth-order valence-electron chi connectivity index (χ4n) is 2.15. The van der Waals surface area contributed by atoms with Crippen molar-refractivity contribution in [3.8, 4) is 0 Å². The molecule has 0 amide bonds. The van der Waals surface area contributed by atoms with Crippen LogP contribution >= 0.6 is 0 Å². The van der Waals surface area contributed by atoms with Crippen LogP contribution in [0.25, 0.3) is 11.1 Å². The van der Waals surface area contributed by atoms with Crippen LogP contribution in [0.2, 0.25) is 0 Å². The van der Waals surface area contributed by atoms with Crippen molar-refractivity contribution in [1.82, 2.24) is 9.88 Å². The fraction of sp³-hybridized carbons (Fsp3) is 0.429. The molecular formula is C14H18N2O3. The summed E-state index contributed by atoms with van der Waals surface area (Å²) in [5.74, 6) is -0.148. The molecule has 1 unspecified atom stereocenters. The Morgan fingerprint density at radius 1 is 1.47 bits per heavy atom. The van der Waals surface area contributed by atoms with Gasteiger partial charge in [-0.25, -0.2) is 4.98 Å². The van der Waals surface area contributed by atoms with Gasteiger partial charge >= 0.3 is 5.97 Å². The van der Waals surface area contributed by atoms with Crippen LogP contribution in [-0.2, 0) is 11.2 Å². The van der Waals surface area contributed by atoms with Crippen LogP contribution in [0.1, 0.15) is 17.9 Å². The number of carboxylic acid groups (broad SMARTS) is 1. The van der Waals surface area contributed by atoms with Gasteiger partial charge in [0, 0.05) is 6.92 Å². The topological polar surface area (TPSA) is 66.6 Å². The fourth-order valence-corrected chi connectivity index (χ4v) is 2.15. The number of oxazole rings is 1. The molecule has 1 aromatic heterocycles. The van der Waals surface area contributed by atoms with E-state index in [2.05, 4.69) is 4.98 Å². The molecule has 5 heteroatoms. The molecule has 2 aromatic rings. The van der Waals surface area contributed by atoms with Gasteiger partial charge in [0.25, 0.3) is 0 Å². The second-order valence-electron chi connectivity index (χ2n) is 4.89. The van der Waals surface area contributed by atoms with Gasteiger partial charge in [-0.1, -0.05) is 6.07 Å². The molecule has 1 aromatic carbocycles. The first-order valence-corrected chi connectivity index (χ1v) is 6.22. The Morgan fingerprint density at radius 2 is 2.21 bits per heavy atom. The maximum atomic E-state index is 11.1. The van der Waals surface area contributed by atoms with E-state index >= 15 is 0 Å². The highest BCUT2D eigenvalue weighted by Crippen LogP contribution is 2.18. The quantitative estimate of drug-likeness (QED) is 0.893. The van der Waals surface area contributed by atoms with Crippen molar-refractivity contribution in [1.29, 1.82) is 0 Å². The maximum Gasteiger partial charge on any atom is 0.320 e. The number of benzene rings is 1.